The SMILES string of the molecule is C=c1ccc(F)c(F)/c1=C(/C)c1nc2c3c(nc(OC[C@@]45CCCN4C[C@@H](F)C5)nc3c1F)N1C[C@@H]3CCC(N3)[C@@H]1CO2. The number of ether oxygens (including phenoxy) is 2. The molecule has 0 aliphatic carbocycles. The van der Waals surface area contributed by atoms with Crippen molar-refractivity contribution in [1.29, 1.82) is 0 Å². The molecule has 8 nitrogen and oxygen atoms in total. The van der Waals surface area contributed by atoms with E-state index < -0.39 is 29.2 Å². The molecule has 0 saturated carbocycles. The Morgan fingerprint density at radius 3 is 2.88 bits per heavy atom. The van der Waals surface area contributed by atoms with E-state index >= 15 is 4.39 Å². The first-order chi connectivity index (χ1) is 20.7. The number of nitrogens with zero attached hydrogens (tertiary/aromatic N) is 5. The third-order valence-electron chi connectivity index (χ3n) is 10.1. The predicted molar refractivity (Wildman–Crippen MR) is 152 cm³/mol. The van der Waals surface area contributed by atoms with Gasteiger partial charge in [-0.1, -0.05) is 12.6 Å². The van der Waals surface area contributed by atoms with Crippen LogP contribution in [0.3, 0.4) is 0 Å². The molecule has 2 bridgehead atoms. The molecule has 5 atom stereocenters. The van der Waals surface area contributed by atoms with E-state index in [1.54, 1.807) is 0 Å². The first-order valence-corrected chi connectivity index (χ1v) is 15.0. The summed E-state index contributed by atoms with van der Waals surface area (Å²) in [5.41, 5.74) is -0.678. The Labute approximate surface area is 245 Å². The van der Waals surface area contributed by atoms with Gasteiger partial charge in [-0.15, -0.1) is 0 Å². The zero-order valence-corrected chi connectivity index (χ0v) is 23.8. The highest BCUT2D eigenvalue weighted by molar-refractivity contribution is 5.96. The third-order valence-corrected chi connectivity index (χ3v) is 10.1. The van der Waals surface area contributed by atoms with Crippen LogP contribution in [0.4, 0.5) is 23.4 Å². The van der Waals surface area contributed by atoms with Gasteiger partial charge in [-0.2, -0.15) is 9.97 Å². The van der Waals surface area contributed by atoms with Gasteiger partial charge in [-0.05, 0) is 56.0 Å². The number of benzene rings is 1. The second kappa shape index (κ2) is 9.75. The molecule has 12 heteroatoms. The van der Waals surface area contributed by atoms with Crippen molar-refractivity contribution in [3.05, 3.63) is 45.7 Å². The molecular weight excluding hydrogens is 564 g/mol. The molecule has 8 rings (SSSR count). The molecule has 3 aromatic rings. The number of anilines is 1. The summed E-state index contributed by atoms with van der Waals surface area (Å²) in [5.74, 6) is -2.43. The third kappa shape index (κ3) is 4.12. The molecule has 1 unspecified atom stereocenters. The average molecular weight is 597 g/mol. The lowest BCUT2D eigenvalue weighted by molar-refractivity contribution is 0.107. The van der Waals surface area contributed by atoms with E-state index in [0.717, 1.165) is 38.3 Å². The molecule has 226 valence electrons. The zero-order valence-electron chi connectivity index (χ0n) is 23.8. The Morgan fingerprint density at radius 2 is 2.02 bits per heavy atom. The normalized spacial score (nSPS) is 30.2. The summed E-state index contributed by atoms with van der Waals surface area (Å²) in [4.78, 5) is 18.1. The van der Waals surface area contributed by atoms with Crippen LogP contribution in [-0.2, 0) is 0 Å². The second-order valence-electron chi connectivity index (χ2n) is 12.6. The van der Waals surface area contributed by atoms with Gasteiger partial charge in [-0.25, -0.2) is 22.5 Å². The fourth-order valence-electron chi connectivity index (χ4n) is 7.99. The van der Waals surface area contributed by atoms with E-state index in [1.165, 1.54) is 13.0 Å². The highest BCUT2D eigenvalue weighted by atomic mass is 19.2. The van der Waals surface area contributed by atoms with Crippen LogP contribution in [0.2, 0.25) is 0 Å². The van der Waals surface area contributed by atoms with Gasteiger partial charge in [0.2, 0.25) is 5.88 Å². The van der Waals surface area contributed by atoms with Gasteiger partial charge >= 0.3 is 6.01 Å². The molecular formula is C31H32F4N6O2. The quantitative estimate of drug-likeness (QED) is 0.461. The van der Waals surface area contributed by atoms with E-state index in [1.807, 2.05) is 0 Å². The number of piperazine rings is 1. The zero-order chi connectivity index (χ0) is 29.6. The Bertz CT molecular complexity index is 1770. The maximum atomic E-state index is 16.6. The van der Waals surface area contributed by atoms with Crippen LogP contribution in [0.1, 0.15) is 44.7 Å². The predicted octanol–water partition coefficient (Wildman–Crippen LogP) is 2.73. The van der Waals surface area contributed by atoms with Crippen molar-refractivity contribution >= 4 is 28.9 Å². The minimum atomic E-state index is -1.13. The standard InChI is InChI=1S/C31H32F4N6O2/c1-15-4-6-19(33)24(34)22(15)16(2)26-25(35)27-23-28(41-12-18-5-7-20(36-18)21(41)13-42-29(23)37-26)39-30(38-27)43-14-31-8-3-9-40(31)11-17(32)10-31/h4,6,17-18,20-21,36H,1,3,5,7-14H2,2H3/b22-16-/t17-,18-,20?,21-,31-/m0/s1. The van der Waals surface area contributed by atoms with E-state index in [0.29, 0.717) is 30.7 Å². The number of hydrogen-bond donors (Lipinski definition) is 1. The number of pyridine rings is 1. The van der Waals surface area contributed by atoms with Gasteiger partial charge in [0, 0.05) is 36.8 Å². The van der Waals surface area contributed by atoms with Crippen LogP contribution in [-0.4, -0.2) is 82.5 Å². The summed E-state index contributed by atoms with van der Waals surface area (Å²) < 4.78 is 72.7. The van der Waals surface area contributed by atoms with Gasteiger partial charge in [0.25, 0.3) is 0 Å². The van der Waals surface area contributed by atoms with E-state index in [9.17, 15) is 13.2 Å². The van der Waals surface area contributed by atoms with Gasteiger partial charge in [0.05, 0.1) is 11.6 Å². The van der Waals surface area contributed by atoms with Crippen molar-refractivity contribution in [1.82, 2.24) is 25.2 Å². The largest absolute Gasteiger partial charge is 0.475 e. The molecule has 4 saturated heterocycles. The molecule has 0 radical (unpaired) electrons. The van der Waals surface area contributed by atoms with Crippen LogP contribution in [0.15, 0.2) is 12.1 Å². The summed E-state index contributed by atoms with van der Waals surface area (Å²) in [6.45, 7) is 7.58. The van der Waals surface area contributed by atoms with E-state index in [2.05, 4.69) is 31.7 Å². The fraction of sp³-hybridized carbons (Fsp3) is 0.516. The summed E-state index contributed by atoms with van der Waals surface area (Å²) in [6, 6.07) is 2.62. The lowest BCUT2D eigenvalue weighted by Gasteiger charge is -2.40. The highest BCUT2D eigenvalue weighted by Crippen LogP contribution is 2.43. The van der Waals surface area contributed by atoms with Crippen LogP contribution >= 0.6 is 0 Å². The van der Waals surface area contributed by atoms with Crippen molar-refractivity contribution in [2.45, 2.75) is 68.9 Å². The van der Waals surface area contributed by atoms with Gasteiger partial charge in [-0.3, -0.25) is 4.90 Å². The lowest BCUT2D eigenvalue weighted by Crippen LogP contribution is -2.60. The molecule has 7 heterocycles. The molecule has 1 N–H and O–H groups in total. The van der Waals surface area contributed by atoms with Gasteiger partial charge in [0.1, 0.15) is 41.8 Å². The highest BCUT2D eigenvalue weighted by Gasteiger charge is 2.50. The number of alkyl halides is 1. The minimum absolute atomic E-state index is 0.0213. The van der Waals surface area contributed by atoms with Gasteiger partial charge in [0.15, 0.2) is 17.5 Å². The van der Waals surface area contributed by atoms with E-state index in [4.69, 9.17) is 14.5 Å². The number of aromatic nitrogens is 3. The molecule has 2 aromatic heterocycles. The van der Waals surface area contributed by atoms with Crippen LogP contribution in [0.25, 0.3) is 23.1 Å². The number of hydrogen-bond acceptors (Lipinski definition) is 8. The first kappa shape index (κ1) is 27.1. The Morgan fingerprint density at radius 1 is 1.16 bits per heavy atom. The summed E-state index contributed by atoms with van der Waals surface area (Å²) in [5, 5.41) is 3.98. The number of halogens is 4. The van der Waals surface area contributed by atoms with Crippen molar-refractivity contribution in [3.8, 4) is 11.9 Å². The Hall–Kier alpha value is -3.51. The fourth-order valence-corrected chi connectivity index (χ4v) is 7.99. The topological polar surface area (TPSA) is 75.6 Å². The first-order valence-electron chi connectivity index (χ1n) is 15.0. The molecule has 5 aliphatic heterocycles. The lowest BCUT2D eigenvalue weighted by atomic mass is 9.95. The van der Waals surface area contributed by atoms with Crippen molar-refractivity contribution in [2.75, 3.05) is 37.7 Å². The van der Waals surface area contributed by atoms with Crippen molar-refractivity contribution in [3.63, 3.8) is 0 Å². The molecule has 5 aliphatic rings. The molecule has 43 heavy (non-hydrogen) atoms. The van der Waals surface area contributed by atoms with Crippen LogP contribution < -0.4 is 30.1 Å². The van der Waals surface area contributed by atoms with E-state index in [-0.39, 0.29) is 70.5 Å². The second-order valence-corrected chi connectivity index (χ2v) is 12.6. The Kier molecular flexibility index (Phi) is 6.14. The molecule has 0 amide bonds. The van der Waals surface area contributed by atoms with Crippen molar-refractivity contribution < 1.29 is 27.0 Å². The summed E-state index contributed by atoms with van der Waals surface area (Å²) in [7, 11) is 0. The smallest absolute Gasteiger partial charge is 0.319 e. The minimum Gasteiger partial charge on any atom is -0.475 e. The number of rotatable bonds is 4. The molecule has 4 fully saturated rings. The van der Waals surface area contributed by atoms with Crippen molar-refractivity contribution in [2.24, 2.45) is 0 Å². The number of nitrogens with one attached hydrogen (secondary N) is 1. The Balaban J connectivity index is 1.31. The molecule has 0 spiro atoms. The maximum Gasteiger partial charge on any atom is 0.319 e. The number of fused-ring (bicyclic) bond motifs is 6. The van der Waals surface area contributed by atoms with Crippen LogP contribution in [0.5, 0.6) is 11.9 Å². The maximum absolute atomic E-state index is 16.6. The van der Waals surface area contributed by atoms with Crippen LogP contribution in [0, 0.1) is 17.5 Å². The monoisotopic (exact) mass is 596 g/mol. The van der Waals surface area contributed by atoms with Gasteiger partial charge < -0.3 is 19.7 Å². The molecule has 1 aromatic carbocycles. The summed E-state index contributed by atoms with van der Waals surface area (Å²) >= 11 is 0. The average Bonchev–Trinajstić information content (AvgIpc) is 3.62. The summed E-state index contributed by atoms with van der Waals surface area (Å²) in [6.07, 6.45) is 3.19.